The number of carbonyl (C=O) groups excluding carboxylic acids is 1. The average molecular weight is 548 g/mol. The molecule has 14 heteroatoms. The van der Waals surface area contributed by atoms with Crippen molar-refractivity contribution in [1.29, 1.82) is 0 Å². The van der Waals surface area contributed by atoms with Crippen LogP contribution >= 0.6 is 11.3 Å². The van der Waals surface area contributed by atoms with Crippen LogP contribution in [0.25, 0.3) is 22.5 Å². The minimum atomic E-state index is -4.55. The summed E-state index contributed by atoms with van der Waals surface area (Å²) in [6.07, 6.45) is -1.35. The zero-order chi connectivity index (χ0) is 26.9. The molecule has 5 rings (SSSR count). The van der Waals surface area contributed by atoms with Crippen LogP contribution in [-0.2, 0) is 13.1 Å². The molecule has 3 aromatic heterocycles. The summed E-state index contributed by atoms with van der Waals surface area (Å²) in [5, 5.41) is 6.79. The van der Waals surface area contributed by atoms with Gasteiger partial charge in [-0.1, -0.05) is 11.2 Å². The van der Waals surface area contributed by atoms with Crippen molar-refractivity contribution in [2.75, 3.05) is 20.1 Å². The van der Waals surface area contributed by atoms with Gasteiger partial charge in [-0.25, -0.2) is 9.38 Å². The van der Waals surface area contributed by atoms with Gasteiger partial charge >= 0.3 is 6.18 Å². The molecule has 198 valence electrons. The third-order valence-corrected chi connectivity index (χ3v) is 6.63. The lowest BCUT2D eigenvalue weighted by Crippen LogP contribution is -2.22. The van der Waals surface area contributed by atoms with Crippen LogP contribution in [0.3, 0.4) is 0 Å². The molecule has 0 unspecified atom stereocenters. The summed E-state index contributed by atoms with van der Waals surface area (Å²) in [5.74, 6) is -0.923. The first-order valence-corrected chi connectivity index (χ1v) is 12.4. The first kappa shape index (κ1) is 25.7. The van der Waals surface area contributed by atoms with Gasteiger partial charge in [-0.2, -0.15) is 18.2 Å². The van der Waals surface area contributed by atoms with Crippen LogP contribution in [0.5, 0.6) is 0 Å². The standard InChI is InChI=1S/C24H21F4N7O2S/c1-34-7-5-15(25)17(6-8-34)31-16-3-2-4-18-14(16)9-19(35(18)12-24(26,27)28)23-32-21(33-37-23)11-30-22(36)20-10-29-13-38-20/h2-5,9-10,13H,6-8,11-12H2,1H3,(H,30,36)/b31-17+. The molecular weight excluding hydrogens is 526 g/mol. The van der Waals surface area contributed by atoms with Crippen molar-refractivity contribution in [3.8, 4) is 11.6 Å². The summed E-state index contributed by atoms with van der Waals surface area (Å²) in [5.41, 5.74) is 2.31. The van der Waals surface area contributed by atoms with Crippen molar-refractivity contribution >= 4 is 39.5 Å². The van der Waals surface area contributed by atoms with Gasteiger partial charge in [0, 0.05) is 24.9 Å². The average Bonchev–Trinajstić information content (AvgIpc) is 3.62. The van der Waals surface area contributed by atoms with Crippen molar-refractivity contribution in [3.63, 3.8) is 0 Å². The Morgan fingerprint density at radius 1 is 1.32 bits per heavy atom. The molecule has 0 spiro atoms. The van der Waals surface area contributed by atoms with Crippen LogP contribution < -0.4 is 5.32 Å². The van der Waals surface area contributed by atoms with Gasteiger partial charge < -0.3 is 19.3 Å². The maximum Gasteiger partial charge on any atom is 0.406 e. The van der Waals surface area contributed by atoms with E-state index in [1.807, 2.05) is 11.9 Å². The van der Waals surface area contributed by atoms with E-state index in [9.17, 15) is 22.4 Å². The Morgan fingerprint density at radius 3 is 2.92 bits per heavy atom. The van der Waals surface area contributed by atoms with E-state index in [4.69, 9.17) is 4.52 Å². The van der Waals surface area contributed by atoms with Gasteiger partial charge in [0.05, 0.1) is 35.2 Å². The van der Waals surface area contributed by atoms with Gasteiger partial charge in [-0.05, 0) is 31.3 Å². The van der Waals surface area contributed by atoms with Gasteiger partial charge in [0.15, 0.2) is 5.82 Å². The Labute approximate surface area is 217 Å². The van der Waals surface area contributed by atoms with Crippen molar-refractivity contribution in [2.45, 2.75) is 25.7 Å². The van der Waals surface area contributed by atoms with Gasteiger partial charge in [-0.3, -0.25) is 9.78 Å². The highest BCUT2D eigenvalue weighted by atomic mass is 32.1. The van der Waals surface area contributed by atoms with Gasteiger partial charge in [0.2, 0.25) is 0 Å². The second-order valence-electron chi connectivity index (χ2n) is 8.63. The topological polar surface area (TPSA) is 101 Å². The fraction of sp³-hybridized carbons (Fsp3) is 0.292. The van der Waals surface area contributed by atoms with Gasteiger partial charge in [0.1, 0.15) is 22.9 Å². The molecule has 0 fully saturated rings. The number of nitrogens with zero attached hydrogens (tertiary/aromatic N) is 6. The number of hydrogen-bond acceptors (Lipinski definition) is 8. The molecule has 0 saturated heterocycles. The number of carbonyl (C=O) groups is 1. The van der Waals surface area contributed by atoms with Crippen molar-refractivity contribution in [1.82, 2.24) is 29.9 Å². The number of thiazole rings is 1. The van der Waals surface area contributed by atoms with E-state index >= 15 is 0 Å². The predicted molar refractivity (Wildman–Crippen MR) is 133 cm³/mol. The van der Waals surface area contributed by atoms with Crippen LogP contribution in [-0.4, -0.2) is 62.5 Å². The zero-order valence-corrected chi connectivity index (χ0v) is 20.8. The summed E-state index contributed by atoms with van der Waals surface area (Å²) in [6.45, 7) is -0.391. The quantitative estimate of drug-likeness (QED) is 0.345. The largest absolute Gasteiger partial charge is 0.406 e. The third-order valence-electron chi connectivity index (χ3n) is 5.85. The summed E-state index contributed by atoms with van der Waals surface area (Å²) < 4.78 is 61.6. The summed E-state index contributed by atoms with van der Waals surface area (Å²) >= 11 is 1.16. The fourth-order valence-electron chi connectivity index (χ4n) is 4.01. The Morgan fingerprint density at radius 2 is 2.16 bits per heavy atom. The van der Waals surface area contributed by atoms with Crippen LogP contribution in [0.2, 0.25) is 0 Å². The highest BCUT2D eigenvalue weighted by Gasteiger charge is 2.31. The molecule has 0 saturated carbocycles. The van der Waals surface area contributed by atoms with Gasteiger partial charge in [0.25, 0.3) is 11.8 Å². The summed E-state index contributed by atoms with van der Waals surface area (Å²) in [4.78, 5) is 27.0. The Kier molecular flexibility index (Phi) is 7.08. The number of benzene rings is 1. The number of amides is 1. The number of likely N-dealkylation sites (N-methyl/N-ethyl adjacent to an activating group) is 1. The van der Waals surface area contributed by atoms with E-state index in [0.29, 0.717) is 35.5 Å². The molecule has 0 bridgehead atoms. The van der Waals surface area contributed by atoms with Crippen LogP contribution in [0.15, 0.2) is 57.4 Å². The number of fused-ring (bicyclic) bond motifs is 1. The highest BCUT2D eigenvalue weighted by Crippen LogP contribution is 2.36. The third kappa shape index (κ3) is 5.65. The molecular formula is C24H21F4N7O2S. The minimum Gasteiger partial charge on any atom is -0.344 e. The monoisotopic (exact) mass is 547 g/mol. The lowest BCUT2D eigenvalue weighted by Gasteiger charge is -2.12. The van der Waals surface area contributed by atoms with Crippen LogP contribution in [0.1, 0.15) is 21.9 Å². The number of nitrogens with one attached hydrogen (secondary N) is 1. The number of rotatable bonds is 6. The van der Waals surface area contributed by atoms with E-state index in [1.165, 1.54) is 29.9 Å². The Bertz CT molecular complexity index is 1520. The molecule has 38 heavy (non-hydrogen) atoms. The molecule has 4 aromatic rings. The number of halogens is 4. The smallest absolute Gasteiger partial charge is 0.344 e. The van der Waals surface area contributed by atoms with Crippen molar-refractivity contribution < 1.29 is 26.9 Å². The first-order valence-electron chi connectivity index (χ1n) is 11.5. The van der Waals surface area contributed by atoms with E-state index in [1.54, 1.807) is 12.1 Å². The molecule has 1 N–H and O–H groups in total. The molecule has 4 heterocycles. The Balaban J connectivity index is 1.51. The van der Waals surface area contributed by atoms with Gasteiger partial charge in [-0.15, -0.1) is 11.3 Å². The van der Waals surface area contributed by atoms with E-state index in [-0.39, 0.29) is 41.1 Å². The summed E-state index contributed by atoms with van der Waals surface area (Å²) in [6, 6.07) is 6.18. The number of alkyl halides is 3. The molecule has 0 aliphatic carbocycles. The molecule has 1 amide bonds. The second-order valence-corrected chi connectivity index (χ2v) is 9.51. The molecule has 9 nitrogen and oxygen atoms in total. The predicted octanol–water partition coefficient (Wildman–Crippen LogP) is 4.90. The number of aliphatic imine (C=N–C) groups is 1. The zero-order valence-electron chi connectivity index (χ0n) is 20.0. The molecule has 0 radical (unpaired) electrons. The van der Waals surface area contributed by atoms with E-state index < -0.39 is 18.5 Å². The minimum absolute atomic E-state index is 0.0223. The maximum absolute atomic E-state index is 14.6. The summed E-state index contributed by atoms with van der Waals surface area (Å²) in [7, 11) is 1.86. The number of hydrogen-bond donors (Lipinski definition) is 1. The maximum atomic E-state index is 14.6. The molecule has 0 atom stereocenters. The number of aromatic nitrogens is 4. The fourth-order valence-corrected chi connectivity index (χ4v) is 4.55. The number of allylic oxidation sites excluding steroid dienone is 1. The molecule has 1 aromatic carbocycles. The lowest BCUT2D eigenvalue weighted by atomic mass is 10.2. The molecule has 1 aliphatic heterocycles. The first-order chi connectivity index (χ1) is 18.2. The van der Waals surface area contributed by atoms with Crippen LogP contribution in [0, 0.1) is 0 Å². The van der Waals surface area contributed by atoms with Crippen molar-refractivity contribution in [3.05, 3.63) is 58.6 Å². The van der Waals surface area contributed by atoms with E-state index in [0.717, 1.165) is 15.9 Å². The SMILES string of the molecule is CN1CC=C(F)/C(=N/c2cccc3c2cc(-c2nc(CNC(=O)c4cncs4)no2)n3CC(F)(F)F)CC1. The Hall–Kier alpha value is -3.91. The van der Waals surface area contributed by atoms with Crippen molar-refractivity contribution in [2.24, 2.45) is 4.99 Å². The lowest BCUT2D eigenvalue weighted by molar-refractivity contribution is -0.139. The molecule has 1 aliphatic rings. The van der Waals surface area contributed by atoms with E-state index in [2.05, 4.69) is 25.4 Å². The normalized spacial score (nSPS) is 16.1. The van der Waals surface area contributed by atoms with Crippen LogP contribution in [0.4, 0.5) is 23.2 Å². The second kappa shape index (κ2) is 10.5. The highest BCUT2D eigenvalue weighted by molar-refractivity contribution is 7.11.